The SMILES string of the molecule is C[C@@]1(C(=O)O)CCCN1C(=O)c1cc(C2CC2)c(OCC23CC4CC(CC(C4)C2)C3)cc1F. The minimum Gasteiger partial charge on any atom is -0.493 e. The lowest BCUT2D eigenvalue weighted by atomic mass is 9.50. The number of hydrogen-bond donors (Lipinski definition) is 1. The van der Waals surface area contributed by atoms with Crippen LogP contribution in [0.1, 0.15) is 93.0 Å². The summed E-state index contributed by atoms with van der Waals surface area (Å²) in [5.74, 6) is 1.23. The Bertz CT molecular complexity index is 967. The standard InChI is InChI=1S/C27H34FNO4/c1-26(25(31)32)5-2-6-29(26)24(30)21-10-20(19-3-4-19)23(11-22(21)28)33-15-27-12-16-7-17(13-27)9-18(8-16)14-27/h10-11,16-19H,2-9,12-15H2,1H3,(H,31,32)/t16?,17?,18?,26-,27?/m0/s1. The highest BCUT2D eigenvalue weighted by molar-refractivity contribution is 5.98. The molecule has 0 unspecified atom stereocenters. The third kappa shape index (κ3) is 3.55. The molecule has 178 valence electrons. The number of likely N-dealkylation sites (tertiary alicyclic amines) is 1. The third-order valence-corrected chi connectivity index (χ3v) is 9.39. The summed E-state index contributed by atoms with van der Waals surface area (Å²) in [5, 5.41) is 9.68. The molecule has 1 aromatic carbocycles. The van der Waals surface area contributed by atoms with Crippen molar-refractivity contribution >= 4 is 11.9 Å². The van der Waals surface area contributed by atoms with Gasteiger partial charge in [-0.2, -0.15) is 0 Å². The van der Waals surface area contributed by atoms with Gasteiger partial charge in [-0.25, -0.2) is 9.18 Å². The van der Waals surface area contributed by atoms with Gasteiger partial charge in [0.05, 0.1) is 12.2 Å². The molecule has 1 aliphatic heterocycles. The van der Waals surface area contributed by atoms with Gasteiger partial charge >= 0.3 is 5.97 Å². The number of benzene rings is 1. The Kier molecular flexibility index (Phi) is 4.83. The smallest absolute Gasteiger partial charge is 0.329 e. The number of rotatable bonds is 6. The maximum absolute atomic E-state index is 15.3. The summed E-state index contributed by atoms with van der Waals surface area (Å²) in [6, 6.07) is 3.06. The molecule has 1 aromatic rings. The van der Waals surface area contributed by atoms with Crippen LogP contribution in [0.4, 0.5) is 4.39 Å². The molecule has 0 spiro atoms. The molecule has 0 aromatic heterocycles. The Hall–Kier alpha value is -2.11. The number of aliphatic carboxylic acids is 1. The van der Waals surface area contributed by atoms with Crippen molar-refractivity contribution in [2.75, 3.05) is 13.2 Å². The molecule has 5 nitrogen and oxygen atoms in total. The highest BCUT2D eigenvalue weighted by atomic mass is 19.1. The van der Waals surface area contributed by atoms with Gasteiger partial charge < -0.3 is 14.7 Å². The van der Waals surface area contributed by atoms with Crippen molar-refractivity contribution in [3.05, 3.63) is 29.1 Å². The summed E-state index contributed by atoms with van der Waals surface area (Å²) < 4.78 is 21.7. The largest absolute Gasteiger partial charge is 0.493 e. The predicted octanol–water partition coefficient (Wildman–Crippen LogP) is 5.38. The van der Waals surface area contributed by atoms with Gasteiger partial charge in [0.2, 0.25) is 0 Å². The van der Waals surface area contributed by atoms with Gasteiger partial charge in [-0.05, 0) is 106 Å². The first-order chi connectivity index (χ1) is 15.8. The monoisotopic (exact) mass is 455 g/mol. The fourth-order valence-corrected chi connectivity index (χ4v) is 7.93. The van der Waals surface area contributed by atoms with E-state index in [1.54, 1.807) is 13.0 Å². The normalized spacial score (nSPS) is 36.9. The van der Waals surface area contributed by atoms with Crippen LogP contribution in [0.25, 0.3) is 0 Å². The summed E-state index contributed by atoms with van der Waals surface area (Å²) in [6.07, 6.45) is 10.9. The number of amides is 1. The highest BCUT2D eigenvalue weighted by Crippen LogP contribution is 2.60. The Morgan fingerprint density at radius 2 is 1.76 bits per heavy atom. The quantitative estimate of drug-likeness (QED) is 0.626. The van der Waals surface area contributed by atoms with Crippen LogP contribution in [0.3, 0.4) is 0 Å². The van der Waals surface area contributed by atoms with E-state index in [1.807, 2.05) is 0 Å². The number of nitrogens with zero attached hydrogens (tertiary/aromatic N) is 1. The van der Waals surface area contributed by atoms with Crippen molar-refractivity contribution in [2.24, 2.45) is 23.2 Å². The van der Waals surface area contributed by atoms with E-state index < -0.39 is 23.2 Å². The lowest BCUT2D eigenvalue weighted by Gasteiger charge is -2.56. The highest BCUT2D eigenvalue weighted by Gasteiger charge is 2.51. The van der Waals surface area contributed by atoms with Crippen LogP contribution in [-0.2, 0) is 4.79 Å². The van der Waals surface area contributed by atoms with Crippen LogP contribution in [0.2, 0.25) is 0 Å². The van der Waals surface area contributed by atoms with E-state index in [4.69, 9.17) is 4.74 Å². The molecule has 7 rings (SSSR count). The maximum Gasteiger partial charge on any atom is 0.329 e. The second-order valence-electron chi connectivity index (χ2n) is 12.0. The summed E-state index contributed by atoms with van der Waals surface area (Å²) in [6.45, 7) is 2.54. The molecule has 0 radical (unpaired) electrons. The summed E-state index contributed by atoms with van der Waals surface area (Å²) in [4.78, 5) is 26.4. The summed E-state index contributed by atoms with van der Waals surface area (Å²) in [7, 11) is 0. The van der Waals surface area contributed by atoms with Gasteiger partial charge in [0.15, 0.2) is 0 Å². The van der Waals surface area contributed by atoms with E-state index in [2.05, 4.69) is 0 Å². The molecule has 1 amide bonds. The van der Waals surface area contributed by atoms with E-state index in [0.29, 0.717) is 37.7 Å². The molecule has 1 atom stereocenters. The van der Waals surface area contributed by atoms with E-state index in [9.17, 15) is 14.7 Å². The van der Waals surface area contributed by atoms with E-state index in [-0.39, 0.29) is 11.0 Å². The first-order valence-electron chi connectivity index (χ1n) is 12.8. The van der Waals surface area contributed by atoms with Crippen molar-refractivity contribution in [1.29, 1.82) is 0 Å². The fourth-order valence-electron chi connectivity index (χ4n) is 7.93. The molecule has 4 bridgehead atoms. The van der Waals surface area contributed by atoms with Crippen LogP contribution in [0.5, 0.6) is 5.75 Å². The van der Waals surface area contributed by atoms with E-state index >= 15 is 4.39 Å². The zero-order valence-corrected chi connectivity index (χ0v) is 19.4. The van der Waals surface area contributed by atoms with Crippen molar-refractivity contribution < 1.29 is 23.8 Å². The van der Waals surface area contributed by atoms with Crippen molar-refractivity contribution in [3.8, 4) is 5.75 Å². The Labute approximate surface area is 194 Å². The second-order valence-corrected chi connectivity index (χ2v) is 12.0. The molecular weight excluding hydrogens is 421 g/mol. The number of carboxylic acid groups (broad SMARTS) is 1. The van der Waals surface area contributed by atoms with Crippen LogP contribution in [0.15, 0.2) is 12.1 Å². The molecular formula is C27H34FNO4. The molecule has 33 heavy (non-hydrogen) atoms. The molecule has 1 heterocycles. The third-order valence-electron chi connectivity index (χ3n) is 9.39. The first-order valence-corrected chi connectivity index (χ1v) is 12.8. The number of halogens is 1. The van der Waals surface area contributed by atoms with Crippen molar-refractivity contribution in [3.63, 3.8) is 0 Å². The van der Waals surface area contributed by atoms with Crippen LogP contribution in [-0.4, -0.2) is 40.6 Å². The molecule has 6 fully saturated rings. The summed E-state index contributed by atoms with van der Waals surface area (Å²) in [5.41, 5.74) is -0.148. The molecule has 1 N–H and O–H groups in total. The first kappa shape index (κ1) is 21.4. The lowest BCUT2D eigenvalue weighted by molar-refractivity contribution is -0.147. The average molecular weight is 456 g/mol. The Morgan fingerprint density at radius 1 is 1.12 bits per heavy atom. The molecule has 6 aliphatic rings. The van der Waals surface area contributed by atoms with Crippen LogP contribution < -0.4 is 4.74 Å². The predicted molar refractivity (Wildman–Crippen MR) is 121 cm³/mol. The number of hydrogen-bond acceptors (Lipinski definition) is 3. The molecule has 5 aliphatic carbocycles. The minimum absolute atomic E-state index is 0.0200. The van der Waals surface area contributed by atoms with Crippen molar-refractivity contribution in [2.45, 2.75) is 82.6 Å². The number of carboxylic acids is 1. The molecule has 6 heteroatoms. The average Bonchev–Trinajstić information content (AvgIpc) is 3.52. The van der Waals surface area contributed by atoms with Gasteiger partial charge in [0.1, 0.15) is 17.1 Å². The lowest BCUT2D eigenvalue weighted by Crippen LogP contribution is -2.51. The number of carbonyl (C=O) groups is 2. The maximum atomic E-state index is 15.3. The fraction of sp³-hybridized carbons (Fsp3) is 0.704. The van der Waals surface area contributed by atoms with Gasteiger partial charge in [-0.3, -0.25) is 4.79 Å². The number of carbonyl (C=O) groups excluding carboxylic acids is 1. The van der Waals surface area contributed by atoms with Gasteiger partial charge in [0, 0.05) is 18.0 Å². The topological polar surface area (TPSA) is 66.8 Å². The van der Waals surface area contributed by atoms with E-state index in [1.165, 1.54) is 49.5 Å². The van der Waals surface area contributed by atoms with Crippen LogP contribution in [0, 0.1) is 29.0 Å². The zero-order chi connectivity index (χ0) is 23.0. The summed E-state index contributed by atoms with van der Waals surface area (Å²) >= 11 is 0. The minimum atomic E-state index is -1.28. The van der Waals surface area contributed by atoms with E-state index in [0.717, 1.165) is 36.2 Å². The zero-order valence-electron chi connectivity index (χ0n) is 19.4. The Morgan fingerprint density at radius 3 is 2.33 bits per heavy atom. The molecule has 5 saturated carbocycles. The Balaban J connectivity index is 1.26. The second kappa shape index (κ2) is 7.44. The van der Waals surface area contributed by atoms with Gasteiger partial charge in [-0.1, -0.05) is 0 Å². The number of ether oxygens (including phenoxy) is 1. The van der Waals surface area contributed by atoms with Crippen molar-refractivity contribution in [1.82, 2.24) is 4.90 Å². The van der Waals surface area contributed by atoms with Crippen LogP contribution >= 0.6 is 0 Å². The van der Waals surface area contributed by atoms with Gasteiger partial charge in [0.25, 0.3) is 5.91 Å². The van der Waals surface area contributed by atoms with Gasteiger partial charge in [-0.15, -0.1) is 0 Å². The molecule has 1 saturated heterocycles.